The lowest BCUT2D eigenvalue weighted by Crippen LogP contribution is -2.51. The van der Waals surface area contributed by atoms with E-state index in [0.29, 0.717) is 37.6 Å². The van der Waals surface area contributed by atoms with Crippen molar-refractivity contribution < 1.29 is 23.8 Å². The van der Waals surface area contributed by atoms with Crippen molar-refractivity contribution in [2.45, 2.75) is 45.2 Å². The largest absolute Gasteiger partial charge is 0.490 e. The lowest BCUT2D eigenvalue weighted by molar-refractivity contribution is -0.139. The van der Waals surface area contributed by atoms with E-state index in [0.717, 1.165) is 42.9 Å². The summed E-state index contributed by atoms with van der Waals surface area (Å²) in [5, 5.41) is 5.58. The topological polar surface area (TPSA) is 89.1 Å². The summed E-state index contributed by atoms with van der Waals surface area (Å²) < 4.78 is 16.8. The number of ether oxygens (including phenoxy) is 3. The van der Waals surface area contributed by atoms with Crippen molar-refractivity contribution in [3.63, 3.8) is 0 Å². The zero-order valence-corrected chi connectivity index (χ0v) is 17.5. The molecule has 0 saturated carbocycles. The molecular formula is C22H29N3O5. The van der Waals surface area contributed by atoms with E-state index in [1.807, 2.05) is 6.07 Å². The number of esters is 1. The molecule has 8 heteroatoms. The highest BCUT2D eigenvalue weighted by atomic mass is 16.5. The number of amides is 2. The molecule has 1 aromatic rings. The Morgan fingerprint density at radius 3 is 2.83 bits per heavy atom. The van der Waals surface area contributed by atoms with Crippen LogP contribution in [0, 0.1) is 0 Å². The summed E-state index contributed by atoms with van der Waals surface area (Å²) in [4.78, 5) is 26.9. The number of benzene rings is 1. The molecule has 0 aliphatic carbocycles. The van der Waals surface area contributed by atoms with Crippen LogP contribution in [0.3, 0.4) is 0 Å². The van der Waals surface area contributed by atoms with Gasteiger partial charge in [0.2, 0.25) is 0 Å². The van der Waals surface area contributed by atoms with Gasteiger partial charge < -0.3 is 24.8 Å². The number of hydrogen-bond acceptors (Lipinski definition) is 6. The number of nitrogens with zero attached hydrogens (tertiary/aromatic N) is 1. The van der Waals surface area contributed by atoms with E-state index in [9.17, 15) is 9.59 Å². The molecule has 1 fully saturated rings. The average Bonchev–Trinajstić information content (AvgIpc) is 3.03. The van der Waals surface area contributed by atoms with Gasteiger partial charge in [0.25, 0.3) is 0 Å². The predicted molar refractivity (Wildman–Crippen MR) is 110 cm³/mol. The third-order valence-corrected chi connectivity index (χ3v) is 5.75. The number of carbonyl (C=O) groups excluding carboxylic acids is 2. The zero-order valence-electron chi connectivity index (χ0n) is 17.5. The summed E-state index contributed by atoms with van der Waals surface area (Å²) in [6.07, 6.45) is 2.92. The molecule has 3 aliphatic rings. The summed E-state index contributed by atoms with van der Waals surface area (Å²) in [5.74, 6) is 1.18. The first-order valence-electron chi connectivity index (χ1n) is 10.7. The molecule has 30 heavy (non-hydrogen) atoms. The lowest BCUT2D eigenvalue weighted by atomic mass is 10.0. The summed E-state index contributed by atoms with van der Waals surface area (Å²) in [5.41, 5.74) is 2.26. The summed E-state index contributed by atoms with van der Waals surface area (Å²) in [6.45, 7) is 6.55. The number of rotatable bonds is 5. The zero-order chi connectivity index (χ0) is 21.1. The fraction of sp³-hybridized carbons (Fsp3) is 0.545. The van der Waals surface area contributed by atoms with Crippen molar-refractivity contribution in [3.8, 4) is 11.5 Å². The van der Waals surface area contributed by atoms with Crippen LogP contribution in [0.1, 0.15) is 44.7 Å². The van der Waals surface area contributed by atoms with E-state index in [1.54, 1.807) is 13.8 Å². The maximum atomic E-state index is 12.5. The molecule has 0 spiro atoms. The van der Waals surface area contributed by atoms with Crippen molar-refractivity contribution >= 4 is 12.0 Å². The van der Waals surface area contributed by atoms with Crippen LogP contribution < -0.4 is 20.1 Å². The Morgan fingerprint density at radius 1 is 1.23 bits per heavy atom. The van der Waals surface area contributed by atoms with E-state index in [2.05, 4.69) is 27.7 Å². The third kappa shape index (κ3) is 4.23. The van der Waals surface area contributed by atoms with Crippen LogP contribution in [0.4, 0.5) is 4.79 Å². The van der Waals surface area contributed by atoms with Crippen LogP contribution >= 0.6 is 0 Å². The quantitative estimate of drug-likeness (QED) is 0.719. The SMILES string of the molecule is CCOC(=O)C1=C(CN2CCC[C@@H]2c2ccc3c(c2)OCCCO3)NC(=O)N[C@H]1C. The Kier molecular flexibility index (Phi) is 6.13. The van der Waals surface area contributed by atoms with E-state index in [1.165, 1.54) is 0 Å². The molecule has 0 unspecified atom stereocenters. The predicted octanol–water partition coefficient (Wildman–Crippen LogP) is 2.50. The van der Waals surface area contributed by atoms with Crippen molar-refractivity contribution in [3.05, 3.63) is 35.0 Å². The first kappa shape index (κ1) is 20.5. The fourth-order valence-electron chi connectivity index (χ4n) is 4.39. The molecule has 1 saturated heterocycles. The van der Waals surface area contributed by atoms with E-state index in [4.69, 9.17) is 14.2 Å². The first-order chi connectivity index (χ1) is 14.6. The maximum absolute atomic E-state index is 12.5. The molecule has 2 N–H and O–H groups in total. The number of urea groups is 1. The van der Waals surface area contributed by atoms with Crippen molar-refractivity contribution in [2.75, 3.05) is 32.9 Å². The number of likely N-dealkylation sites (tertiary alicyclic amines) is 1. The smallest absolute Gasteiger partial charge is 0.337 e. The van der Waals surface area contributed by atoms with E-state index >= 15 is 0 Å². The second-order valence-electron chi connectivity index (χ2n) is 7.82. The molecule has 4 rings (SSSR count). The summed E-state index contributed by atoms with van der Waals surface area (Å²) in [6, 6.07) is 5.61. The minimum absolute atomic E-state index is 0.181. The van der Waals surface area contributed by atoms with Crippen LogP contribution in [0.2, 0.25) is 0 Å². The van der Waals surface area contributed by atoms with Crippen LogP contribution in [-0.4, -0.2) is 55.9 Å². The lowest BCUT2D eigenvalue weighted by Gasteiger charge is -2.31. The Labute approximate surface area is 176 Å². The number of carbonyl (C=O) groups is 2. The van der Waals surface area contributed by atoms with Gasteiger partial charge in [-0.05, 0) is 50.9 Å². The minimum atomic E-state index is -0.396. The van der Waals surface area contributed by atoms with Gasteiger partial charge in [0.1, 0.15) is 0 Å². The monoisotopic (exact) mass is 415 g/mol. The van der Waals surface area contributed by atoms with Gasteiger partial charge in [0.05, 0.1) is 31.4 Å². The van der Waals surface area contributed by atoms with Crippen LogP contribution in [-0.2, 0) is 9.53 Å². The van der Waals surface area contributed by atoms with Gasteiger partial charge in [-0.25, -0.2) is 9.59 Å². The van der Waals surface area contributed by atoms with Crippen molar-refractivity contribution in [1.82, 2.24) is 15.5 Å². The molecule has 3 heterocycles. The number of fused-ring (bicyclic) bond motifs is 1. The highest BCUT2D eigenvalue weighted by molar-refractivity contribution is 5.94. The van der Waals surface area contributed by atoms with Gasteiger partial charge in [0, 0.05) is 24.7 Å². The van der Waals surface area contributed by atoms with Crippen LogP contribution in [0.5, 0.6) is 11.5 Å². The van der Waals surface area contributed by atoms with Gasteiger partial charge in [0.15, 0.2) is 11.5 Å². The molecule has 8 nitrogen and oxygen atoms in total. The standard InChI is InChI=1S/C22H29N3O5/c1-3-28-21(26)20-14(2)23-22(27)24-16(20)13-25-9-4-6-17(25)15-7-8-18-19(12-15)30-11-5-10-29-18/h7-8,12,14,17H,3-6,9-11,13H2,1-2H3,(H2,23,24,27)/t14-,17+/m0/s1. The average molecular weight is 415 g/mol. The highest BCUT2D eigenvalue weighted by Crippen LogP contribution is 2.38. The molecule has 2 amide bonds. The second kappa shape index (κ2) is 8.95. The highest BCUT2D eigenvalue weighted by Gasteiger charge is 2.34. The van der Waals surface area contributed by atoms with Gasteiger partial charge >= 0.3 is 12.0 Å². The molecule has 0 bridgehead atoms. The Morgan fingerprint density at radius 2 is 2.03 bits per heavy atom. The maximum Gasteiger partial charge on any atom is 0.337 e. The van der Waals surface area contributed by atoms with Gasteiger partial charge in [-0.2, -0.15) is 0 Å². The number of hydrogen-bond donors (Lipinski definition) is 2. The summed E-state index contributed by atoms with van der Waals surface area (Å²) in [7, 11) is 0. The Bertz CT molecular complexity index is 853. The normalized spacial score (nSPS) is 24.1. The van der Waals surface area contributed by atoms with Gasteiger partial charge in [-0.1, -0.05) is 6.07 Å². The second-order valence-corrected chi connectivity index (χ2v) is 7.82. The Balaban J connectivity index is 1.58. The minimum Gasteiger partial charge on any atom is -0.490 e. The fourth-order valence-corrected chi connectivity index (χ4v) is 4.39. The van der Waals surface area contributed by atoms with E-state index in [-0.39, 0.29) is 18.0 Å². The molecule has 1 aromatic carbocycles. The molecule has 162 valence electrons. The third-order valence-electron chi connectivity index (χ3n) is 5.75. The Hall–Kier alpha value is -2.74. The molecule has 3 aliphatic heterocycles. The van der Waals surface area contributed by atoms with Crippen molar-refractivity contribution in [1.29, 1.82) is 0 Å². The molecule has 2 atom stereocenters. The molecule has 0 radical (unpaired) electrons. The van der Waals surface area contributed by atoms with Crippen LogP contribution in [0.15, 0.2) is 29.5 Å². The summed E-state index contributed by atoms with van der Waals surface area (Å²) >= 11 is 0. The van der Waals surface area contributed by atoms with Crippen molar-refractivity contribution in [2.24, 2.45) is 0 Å². The van der Waals surface area contributed by atoms with E-state index < -0.39 is 6.04 Å². The molecule has 0 aromatic heterocycles. The van der Waals surface area contributed by atoms with Crippen LogP contribution in [0.25, 0.3) is 0 Å². The van der Waals surface area contributed by atoms with Gasteiger partial charge in [-0.15, -0.1) is 0 Å². The number of nitrogens with one attached hydrogen (secondary N) is 2. The molecular weight excluding hydrogens is 386 g/mol. The first-order valence-corrected chi connectivity index (χ1v) is 10.7. The van der Waals surface area contributed by atoms with Gasteiger partial charge in [-0.3, -0.25) is 4.90 Å².